The van der Waals surface area contributed by atoms with Crippen molar-refractivity contribution in [3.63, 3.8) is 0 Å². The number of hydrogen-bond donors (Lipinski definition) is 2. The van der Waals surface area contributed by atoms with E-state index in [4.69, 9.17) is 9.57 Å². The van der Waals surface area contributed by atoms with Gasteiger partial charge in [0.15, 0.2) is 5.71 Å². The number of rotatable bonds is 9. The van der Waals surface area contributed by atoms with Gasteiger partial charge in [-0.15, -0.1) is 0 Å². The van der Waals surface area contributed by atoms with E-state index in [1.807, 2.05) is 43.3 Å². The Morgan fingerprint density at radius 1 is 1.22 bits per heavy atom. The molecule has 9 nitrogen and oxygen atoms in total. The number of nitrogens with one attached hydrogen (secondary N) is 2. The fourth-order valence-corrected chi connectivity index (χ4v) is 2.13. The van der Waals surface area contributed by atoms with Crippen LogP contribution in [0, 0.1) is 0 Å². The van der Waals surface area contributed by atoms with Crippen LogP contribution >= 0.6 is 0 Å². The first-order valence-corrected chi connectivity index (χ1v) is 8.41. The van der Waals surface area contributed by atoms with Crippen LogP contribution < -0.4 is 10.2 Å². The van der Waals surface area contributed by atoms with Gasteiger partial charge in [0.05, 0.1) is 12.3 Å². The van der Waals surface area contributed by atoms with Crippen LogP contribution in [0.25, 0.3) is 0 Å². The Labute approximate surface area is 157 Å². The Morgan fingerprint density at radius 2 is 1.96 bits per heavy atom. The summed E-state index contributed by atoms with van der Waals surface area (Å²) in [6.45, 7) is 1.87. The third-order valence-electron chi connectivity index (χ3n) is 3.52. The van der Waals surface area contributed by atoms with Gasteiger partial charge in [-0.2, -0.15) is 5.10 Å². The molecular weight excluding hydrogens is 350 g/mol. The maximum Gasteiger partial charge on any atom is 0.347 e. The summed E-state index contributed by atoms with van der Waals surface area (Å²) in [7, 11) is 3.92. The first kappa shape index (κ1) is 20.0. The Morgan fingerprint density at radius 3 is 2.56 bits per heavy atom. The summed E-state index contributed by atoms with van der Waals surface area (Å²) in [4.78, 5) is 30.8. The normalized spacial score (nSPS) is 11.0. The summed E-state index contributed by atoms with van der Waals surface area (Å²) < 4.78 is 4.75. The van der Waals surface area contributed by atoms with Gasteiger partial charge in [0.2, 0.25) is 6.61 Å². The van der Waals surface area contributed by atoms with Crippen LogP contribution in [0.5, 0.6) is 0 Å². The van der Waals surface area contributed by atoms with Gasteiger partial charge in [-0.05, 0) is 30.7 Å². The zero-order valence-corrected chi connectivity index (χ0v) is 15.6. The maximum atomic E-state index is 12.5. The monoisotopic (exact) mass is 373 g/mol. The van der Waals surface area contributed by atoms with Crippen molar-refractivity contribution in [1.29, 1.82) is 0 Å². The Balaban J connectivity index is 2.00. The molecule has 0 aliphatic heterocycles. The smallest absolute Gasteiger partial charge is 0.347 e. The molecule has 0 bridgehead atoms. The fourth-order valence-electron chi connectivity index (χ4n) is 2.13. The fraction of sp³-hybridized carbons (Fsp3) is 0.333. The molecular formula is C18H23N5O4. The highest BCUT2D eigenvalue weighted by Gasteiger charge is 2.17. The maximum absolute atomic E-state index is 12.5. The Bertz CT molecular complexity index is 770. The topological polar surface area (TPSA) is 109 Å². The van der Waals surface area contributed by atoms with E-state index >= 15 is 0 Å². The number of hydrogen-bond acceptors (Lipinski definition) is 7. The number of aromatic amines is 1. The number of anilines is 1. The number of aromatic nitrogens is 2. The zero-order valence-electron chi connectivity index (χ0n) is 15.6. The number of carbonyl (C=O) groups is 2. The predicted octanol–water partition coefficient (Wildman–Crippen LogP) is 1.08. The third-order valence-corrected chi connectivity index (χ3v) is 3.52. The molecule has 9 heteroatoms. The number of H-pyrrole nitrogens is 1. The highest BCUT2D eigenvalue weighted by atomic mass is 16.7. The molecule has 2 N–H and O–H groups in total. The van der Waals surface area contributed by atoms with Gasteiger partial charge < -0.3 is 19.8 Å². The van der Waals surface area contributed by atoms with E-state index in [0.717, 1.165) is 11.3 Å². The number of carbonyl (C=O) groups excluding carboxylic acids is 2. The van der Waals surface area contributed by atoms with Gasteiger partial charge in [0, 0.05) is 32.5 Å². The minimum Gasteiger partial charge on any atom is -0.463 e. The number of benzene rings is 1. The van der Waals surface area contributed by atoms with Crippen molar-refractivity contribution in [2.45, 2.75) is 13.5 Å². The van der Waals surface area contributed by atoms with Crippen LogP contribution in [0.3, 0.4) is 0 Å². The molecule has 2 aromatic rings. The second kappa shape index (κ2) is 9.95. The van der Waals surface area contributed by atoms with Crippen molar-refractivity contribution in [2.24, 2.45) is 5.16 Å². The molecule has 0 aliphatic carbocycles. The lowest BCUT2D eigenvalue weighted by Crippen LogP contribution is -2.32. The van der Waals surface area contributed by atoms with E-state index in [9.17, 15) is 9.59 Å². The van der Waals surface area contributed by atoms with Gasteiger partial charge in [0.1, 0.15) is 0 Å². The van der Waals surface area contributed by atoms with Gasteiger partial charge in [-0.1, -0.05) is 17.3 Å². The number of esters is 1. The molecule has 1 aromatic carbocycles. The molecule has 27 heavy (non-hydrogen) atoms. The predicted molar refractivity (Wildman–Crippen MR) is 100 cm³/mol. The lowest BCUT2D eigenvalue weighted by molar-refractivity contribution is -0.148. The van der Waals surface area contributed by atoms with Crippen molar-refractivity contribution < 1.29 is 19.2 Å². The molecule has 1 heterocycles. The average Bonchev–Trinajstić information content (AvgIpc) is 3.18. The minimum absolute atomic E-state index is 0.0123. The van der Waals surface area contributed by atoms with E-state index in [1.165, 1.54) is 6.20 Å². The van der Waals surface area contributed by atoms with E-state index in [2.05, 4.69) is 20.7 Å². The van der Waals surface area contributed by atoms with Gasteiger partial charge in [0.25, 0.3) is 5.91 Å². The van der Waals surface area contributed by atoms with Crippen molar-refractivity contribution in [2.75, 3.05) is 32.2 Å². The Kier molecular flexibility index (Phi) is 7.36. The molecule has 0 saturated carbocycles. The van der Waals surface area contributed by atoms with Crippen molar-refractivity contribution >= 4 is 23.3 Å². The largest absolute Gasteiger partial charge is 0.463 e. The summed E-state index contributed by atoms with van der Waals surface area (Å²) in [6.07, 6.45) is 1.49. The first-order chi connectivity index (χ1) is 13.0. The summed E-state index contributed by atoms with van der Waals surface area (Å²) in [5, 5.41) is 13.0. The molecule has 0 spiro atoms. The van der Waals surface area contributed by atoms with Gasteiger partial charge in [-0.25, -0.2) is 4.79 Å². The highest BCUT2D eigenvalue weighted by Crippen LogP contribution is 2.12. The molecule has 0 unspecified atom stereocenters. The van der Waals surface area contributed by atoms with Crippen LogP contribution in [0.4, 0.5) is 5.69 Å². The lowest BCUT2D eigenvalue weighted by Gasteiger charge is -2.13. The van der Waals surface area contributed by atoms with Gasteiger partial charge in [-0.3, -0.25) is 9.89 Å². The molecule has 0 radical (unpaired) electrons. The third kappa shape index (κ3) is 6.14. The van der Waals surface area contributed by atoms with E-state index < -0.39 is 11.9 Å². The van der Waals surface area contributed by atoms with Crippen LogP contribution in [-0.4, -0.2) is 55.1 Å². The standard InChI is InChI=1S/C18H23N5O4/c1-4-26-16(24)12-27-22-17(15-9-10-20-21-15)18(25)19-11-13-5-7-14(8-6-13)23(2)3/h5-10H,4,11-12H2,1-3H3,(H,19,25)(H,20,21). The quantitative estimate of drug-likeness (QED) is 0.387. The summed E-state index contributed by atoms with van der Waals surface area (Å²) in [5.41, 5.74) is 2.36. The SMILES string of the molecule is CCOC(=O)CON=C(C(=O)NCc1ccc(N(C)C)cc1)c1ccn[nH]1. The molecule has 2 rings (SSSR count). The van der Waals surface area contributed by atoms with E-state index in [-0.39, 0.29) is 18.9 Å². The number of ether oxygens (including phenoxy) is 1. The summed E-state index contributed by atoms with van der Waals surface area (Å²) in [6, 6.07) is 9.37. The summed E-state index contributed by atoms with van der Waals surface area (Å²) >= 11 is 0. The lowest BCUT2D eigenvalue weighted by atomic mass is 10.2. The van der Waals surface area contributed by atoms with Gasteiger partial charge >= 0.3 is 5.97 Å². The molecule has 0 saturated heterocycles. The summed E-state index contributed by atoms with van der Waals surface area (Å²) in [5.74, 6) is -1.02. The van der Waals surface area contributed by atoms with Crippen LogP contribution in [0.2, 0.25) is 0 Å². The van der Waals surface area contributed by atoms with Crippen LogP contribution in [-0.2, 0) is 25.7 Å². The molecule has 144 valence electrons. The molecule has 0 fully saturated rings. The number of nitrogens with zero attached hydrogens (tertiary/aromatic N) is 3. The van der Waals surface area contributed by atoms with E-state index in [0.29, 0.717) is 12.2 Å². The van der Waals surface area contributed by atoms with Crippen molar-refractivity contribution in [3.05, 3.63) is 47.8 Å². The zero-order chi connectivity index (χ0) is 19.6. The average molecular weight is 373 g/mol. The number of amides is 1. The molecule has 0 atom stereocenters. The van der Waals surface area contributed by atoms with E-state index in [1.54, 1.807) is 13.0 Å². The van der Waals surface area contributed by atoms with Crippen molar-refractivity contribution in [1.82, 2.24) is 15.5 Å². The second-order valence-corrected chi connectivity index (χ2v) is 5.73. The van der Waals surface area contributed by atoms with Crippen LogP contribution in [0.15, 0.2) is 41.7 Å². The van der Waals surface area contributed by atoms with Crippen molar-refractivity contribution in [3.8, 4) is 0 Å². The first-order valence-electron chi connectivity index (χ1n) is 8.41. The molecule has 1 aromatic heterocycles. The highest BCUT2D eigenvalue weighted by molar-refractivity contribution is 6.44. The second-order valence-electron chi connectivity index (χ2n) is 5.73. The molecule has 1 amide bonds. The molecule has 0 aliphatic rings. The number of oxime groups is 1. The Hall–Kier alpha value is -3.36. The van der Waals surface area contributed by atoms with Crippen LogP contribution in [0.1, 0.15) is 18.2 Å². The minimum atomic E-state index is -0.563.